The molecule has 1 fully saturated rings. The first kappa shape index (κ1) is 13.0. The summed E-state index contributed by atoms with van der Waals surface area (Å²) in [6.07, 6.45) is 2.38. The van der Waals surface area contributed by atoms with Gasteiger partial charge >= 0.3 is 5.97 Å². The molecule has 18 heavy (non-hydrogen) atoms. The van der Waals surface area contributed by atoms with Crippen LogP contribution < -0.4 is 5.73 Å². The van der Waals surface area contributed by atoms with Crippen molar-refractivity contribution in [3.8, 4) is 0 Å². The van der Waals surface area contributed by atoms with E-state index >= 15 is 0 Å². The number of rotatable bonds is 4. The van der Waals surface area contributed by atoms with Crippen LogP contribution in [0.5, 0.6) is 0 Å². The standard InChI is InChI=1S/C13H15F2NO2/c14-10-4-9(5-11(15)6-10)13(7-16,12(17)18)8-2-1-3-8/h4-6,8H,1-3,7,16H2,(H,17,18). The number of carboxylic acids is 1. The summed E-state index contributed by atoms with van der Waals surface area (Å²) in [4.78, 5) is 11.6. The number of benzene rings is 1. The average molecular weight is 255 g/mol. The van der Waals surface area contributed by atoms with Crippen molar-refractivity contribution >= 4 is 5.97 Å². The number of aliphatic carboxylic acids is 1. The molecule has 1 atom stereocenters. The van der Waals surface area contributed by atoms with Crippen LogP contribution in [0, 0.1) is 17.6 Å². The fourth-order valence-corrected chi connectivity index (χ4v) is 2.62. The minimum absolute atomic E-state index is 0.125. The molecule has 1 aromatic carbocycles. The van der Waals surface area contributed by atoms with Gasteiger partial charge in [0, 0.05) is 12.6 Å². The molecule has 3 nitrogen and oxygen atoms in total. The second-order valence-electron chi connectivity index (χ2n) is 4.77. The molecular formula is C13H15F2NO2. The van der Waals surface area contributed by atoms with Crippen molar-refractivity contribution < 1.29 is 18.7 Å². The number of nitrogens with two attached hydrogens (primary N) is 1. The fraction of sp³-hybridized carbons (Fsp3) is 0.462. The molecule has 0 aromatic heterocycles. The van der Waals surface area contributed by atoms with E-state index in [1.54, 1.807) is 0 Å². The molecule has 0 radical (unpaired) electrons. The highest BCUT2D eigenvalue weighted by Crippen LogP contribution is 2.44. The van der Waals surface area contributed by atoms with E-state index in [4.69, 9.17) is 5.73 Å². The van der Waals surface area contributed by atoms with Gasteiger partial charge in [-0.25, -0.2) is 8.78 Å². The first-order valence-electron chi connectivity index (χ1n) is 5.90. The molecule has 1 aliphatic carbocycles. The van der Waals surface area contributed by atoms with E-state index in [1.807, 2.05) is 0 Å². The Kier molecular flexibility index (Phi) is 3.34. The van der Waals surface area contributed by atoms with Crippen LogP contribution in [0.2, 0.25) is 0 Å². The Morgan fingerprint density at radius 2 is 1.89 bits per heavy atom. The van der Waals surface area contributed by atoms with Gasteiger partial charge in [-0.1, -0.05) is 6.42 Å². The third-order valence-electron chi connectivity index (χ3n) is 3.88. The van der Waals surface area contributed by atoms with Crippen molar-refractivity contribution in [3.63, 3.8) is 0 Å². The smallest absolute Gasteiger partial charge is 0.315 e. The molecule has 0 heterocycles. The Morgan fingerprint density at radius 3 is 2.22 bits per heavy atom. The molecule has 1 aromatic rings. The molecule has 1 aliphatic rings. The van der Waals surface area contributed by atoms with Crippen LogP contribution in [-0.4, -0.2) is 17.6 Å². The summed E-state index contributed by atoms with van der Waals surface area (Å²) >= 11 is 0. The van der Waals surface area contributed by atoms with Crippen LogP contribution in [-0.2, 0) is 10.2 Å². The maximum atomic E-state index is 13.3. The Hall–Kier alpha value is -1.49. The molecule has 5 heteroatoms. The van der Waals surface area contributed by atoms with E-state index < -0.39 is 23.0 Å². The summed E-state index contributed by atoms with van der Waals surface area (Å²) in [5, 5.41) is 9.47. The van der Waals surface area contributed by atoms with E-state index in [-0.39, 0.29) is 18.0 Å². The largest absolute Gasteiger partial charge is 0.481 e. The van der Waals surface area contributed by atoms with Gasteiger partial charge in [-0.05, 0) is 36.5 Å². The van der Waals surface area contributed by atoms with Crippen LogP contribution >= 0.6 is 0 Å². The van der Waals surface area contributed by atoms with Crippen LogP contribution in [0.4, 0.5) is 8.78 Å². The van der Waals surface area contributed by atoms with Crippen molar-refractivity contribution in [2.24, 2.45) is 11.7 Å². The van der Waals surface area contributed by atoms with Gasteiger partial charge < -0.3 is 10.8 Å². The Labute approximate surface area is 104 Å². The molecule has 0 saturated heterocycles. The number of hydrogen-bond donors (Lipinski definition) is 2. The first-order valence-corrected chi connectivity index (χ1v) is 5.90. The highest BCUT2D eigenvalue weighted by molar-refractivity contribution is 5.82. The van der Waals surface area contributed by atoms with Gasteiger partial charge in [0.05, 0.1) is 0 Å². The van der Waals surface area contributed by atoms with E-state index in [9.17, 15) is 18.7 Å². The zero-order valence-electron chi connectivity index (χ0n) is 9.83. The molecule has 1 saturated carbocycles. The van der Waals surface area contributed by atoms with Gasteiger partial charge in [0.1, 0.15) is 17.0 Å². The average Bonchev–Trinajstić information content (AvgIpc) is 2.20. The topological polar surface area (TPSA) is 63.3 Å². The summed E-state index contributed by atoms with van der Waals surface area (Å²) < 4.78 is 26.5. The summed E-state index contributed by atoms with van der Waals surface area (Å²) in [6, 6.07) is 2.87. The number of hydrogen-bond acceptors (Lipinski definition) is 2. The number of carbonyl (C=O) groups is 1. The van der Waals surface area contributed by atoms with Gasteiger partial charge in [0.25, 0.3) is 0 Å². The summed E-state index contributed by atoms with van der Waals surface area (Å²) in [5.41, 5.74) is 4.38. The van der Waals surface area contributed by atoms with Crippen LogP contribution in [0.25, 0.3) is 0 Å². The van der Waals surface area contributed by atoms with Crippen molar-refractivity contribution in [3.05, 3.63) is 35.4 Å². The molecule has 1 unspecified atom stereocenters. The quantitative estimate of drug-likeness (QED) is 0.865. The molecule has 98 valence electrons. The van der Waals surface area contributed by atoms with Crippen molar-refractivity contribution in [1.82, 2.24) is 0 Å². The monoisotopic (exact) mass is 255 g/mol. The minimum Gasteiger partial charge on any atom is -0.481 e. The van der Waals surface area contributed by atoms with Gasteiger partial charge in [0.2, 0.25) is 0 Å². The lowest BCUT2D eigenvalue weighted by Gasteiger charge is -2.42. The molecule has 0 amide bonds. The molecule has 0 bridgehead atoms. The maximum absolute atomic E-state index is 13.3. The highest BCUT2D eigenvalue weighted by atomic mass is 19.1. The van der Waals surface area contributed by atoms with E-state index in [1.165, 1.54) is 0 Å². The number of halogens is 2. The Balaban J connectivity index is 2.54. The molecule has 3 N–H and O–H groups in total. The SMILES string of the molecule is NCC(C(=O)O)(c1cc(F)cc(F)c1)C1CCC1. The zero-order valence-corrected chi connectivity index (χ0v) is 9.83. The van der Waals surface area contributed by atoms with E-state index in [0.717, 1.165) is 37.5 Å². The van der Waals surface area contributed by atoms with E-state index in [0.29, 0.717) is 0 Å². The van der Waals surface area contributed by atoms with Crippen molar-refractivity contribution in [2.45, 2.75) is 24.7 Å². The first-order chi connectivity index (χ1) is 8.50. The molecular weight excluding hydrogens is 240 g/mol. The van der Waals surface area contributed by atoms with Gasteiger partial charge in [0.15, 0.2) is 0 Å². The van der Waals surface area contributed by atoms with Gasteiger partial charge in [-0.3, -0.25) is 4.79 Å². The minimum atomic E-state index is -1.37. The van der Waals surface area contributed by atoms with Crippen molar-refractivity contribution in [1.29, 1.82) is 0 Å². The summed E-state index contributed by atoms with van der Waals surface area (Å²) in [7, 11) is 0. The van der Waals surface area contributed by atoms with Gasteiger partial charge in [-0.2, -0.15) is 0 Å². The second kappa shape index (κ2) is 4.65. The van der Waals surface area contributed by atoms with Crippen LogP contribution in [0.1, 0.15) is 24.8 Å². The third kappa shape index (κ3) is 1.88. The van der Waals surface area contributed by atoms with Crippen LogP contribution in [0.15, 0.2) is 18.2 Å². The fourth-order valence-electron chi connectivity index (χ4n) is 2.62. The van der Waals surface area contributed by atoms with Crippen molar-refractivity contribution in [2.75, 3.05) is 6.54 Å². The van der Waals surface area contributed by atoms with Crippen LogP contribution in [0.3, 0.4) is 0 Å². The lowest BCUT2D eigenvalue weighted by molar-refractivity contribution is -0.147. The maximum Gasteiger partial charge on any atom is 0.315 e. The molecule has 0 spiro atoms. The van der Waals surface area contributed by atoms with Gasteiger partial charge in [-0.15, -0.1) is 0 Å². The second-order valence-corrected chi connectivity index (χ2v) is 4.77. The Morgan fingerprint density at radius 1 is 1.33 bits per heavy atom. The molecule has 0 aliphatic heterocycles. The predicted molar refractivity (Wildman–Crippen MR) is 62.1 cm³/mol. The predicted octanol–water partition coefficient (Wildman–Crippen LogP) is 2.05. The molecule has 2 rings (SSSR count). The Bertz CT molecular complexity index is 454. The third-order valence-corrected chi connectivity index (χ3v) is 3.88. The number of carboxylic acid groups (broad SMARTS) is 1. The van der Waals surface area contributed by atoms with E-state index in [2.05, 4.69) is 0 Å². The zero-order chi connectivity index (χ0) is 13.3. The normalized spacial score (nSPS) is 19.1. The lowest BCUT2D eigenvalue weighted by Crippen LogP contribution is -2.51. The lowest BCUT2D eigenvalue weighted by atomic mass is 9.62. The summed E-state index contributed by atoms with van der Waals surface area (Å²) in [5.74, 6) is -2.81. The highest BCUT2D eigenvalue weighted by Gasteiger charge is 2.49. The summed E-state index contributed by atoms with van der Waals surface area (Å²) in [6.45, 7) is -0.157.